The maximum atomic E-state index is 9.24. The number of nitrogens with zero attached hydrogens (tertiary/aromatic N) is 1. The summed E-state index contributed by atoms with van der Waals surface area (Å²) < 4.78 is 5.11. The van der Waals surface area contributed by atoms with Gasteiger partial charge in [0.1, 0.15) is 11.3 Å². The van der Waals surface area contributed by atoms with Crippen LogP contribution in [0, 0.1) is 11.3 Å². The van der Waals surface area contributed by atoms with Crippen molar-refractivity contribution in [2.24, 2.45) is 0 Å². The summed E-state index contributed by atoms with van der Waals surface area (Å²) in [6.45, 7) is 4.89. The van der Waals surface area contributed by atoms with Crippen molar-refractivity contribution >= 4 is 0 Å². The molecule has 17 heavy (non-hydrogen) atoms. The van der Waals surface area contributed by atoms with Crippen LogP contribution >= 0.6 is 0 Å². The van der Waals surface area contributed by atoms with Gasteiger partial charge in [-0.2, -0.15) is 5.26 Å². The Labute approximate surface area is 103 Å². The second-order valence-corrected chi connectivity index (χ2v) is 4.40. The van der Waals surface area contributed by atoms with Crippen LogP contribution in [0.5, 0.6) is 5.75 Å². The van der Waals surface area contributed by atoms with E-state index in [0.29, 0.717) is 6.42 Å². The van der Waals surface area contributed by atoms with Crippen molar-refractivity contribution in [1.82, 2.24) is 5.32 Å². The molecule has 3 nitrogen and oxygen atoms in total. The molecule has 0 heterocycles. The van der Waals surface area contributed by atoms with Crippen LogP contribution in [0.25, 0.3) is 0 Å². The fourth-order valence-corrected chi connectivity index (χ4v) is 1.69. The molecule has 92 valence electrons. The molecule has 0 fully saturated rings. The molecule has 1 N–H and O–H groups in total. The van der Waals surface area contributed by atoms with E-state index in [9.17, 15) is 5.26 Å². The maximum absolute atomic E-state index is 9.24. The van der Waals surface area contributed by atoms with Crippen molar-refractivity contribution in [1.29, 1.82) is 5.26 Å². The van der Waals surface area contributed by atoms with Crippen molar-refractivity contribution < 1.29 is 4.74 Å². The lowest BCUT2D eigenvalue weighted by atomic mass is 9.94. The zero-order valence-electron chi connectivity index (χ0n) is 10.8. The van der Waals surface area contributed by atoms with Gasteiger partial charge >= 0.3 is 0 Å². The van der Waals surface area contributed by atoms with E-state index in [1.165, 1.54) is 0 Å². The first-order valence-electron chi connectivity index (χ1n) is 5.93. The summed E-state index contributed by atoms with van der Waals surface area (Å²) in [7, 11) is 1.65. The molecule has 1 aromatic rings. The van der Waals surface area contributed by atoms with Gasteiger partial charge in [0, 0.05) is 6.42 Å². The van der Waals surface area contributed by atoms with Crippen molar-refractivity contribution in [3.63, 3.8) is 0 Å². The Bertz CT molecular complexity index is 380. The third-order valence-electron chi connectivity index (χ3n) is 2.73. The van der Waals surface area contributed by atoms with E-state index >= 15 is 0 Å². The Kier molecular flexibility index (Phi) is 4.99. The standard InChI is InChI=1S/C14H20N2O/c1-4-9-16-14(2,11-15)10-12-5-7-13(17-3)8-6-12/h5-8,16H,4,9-10H2,1-3H3. The Morgan fingerprint density at radius 3 is 2.47 bits per heavy atom. The highest BCUT2D eigenvalue weighted by molar-refractivity contribution is 5.29. The van der Waals surface area contributed by atoms with Crippen LogP contribution < -0.4 is 10.1 Å². The van der Waals surface area contributed by atoms with Gasteiger partial charge < -0.3 is 4.74 Å². The second kappa shape index (κ2) is 6.27. The third kappa shape index (κ3) is 4.08. The number of nitrogens with one attached hydrogen (secondary N) is 1. The summed E-state index contributed by atoms with van der Waals surface area (Å²) >= 11 is 0. The van der Waals surface area contributed by atoms with E-state index in [-0.39, 0.29) is 0 Å². The molecule has 0 saturated carbocycles. The Morgan fingerprint density at radius 2 is 2.00 bits per heavy atom. The minimum absolute atomic E-state index is 0.495. The van der Waals surface area contributed by atoms with Gasteiger partial charge in [-0.3, -0.25) is 5.32 Å². The van der Waals surface area contributed by atoms with Gasteiger partial charge in [-0.05, 0) is 37.6 Å². The first-order valence-corrected chi connectivity index (χ1v) is 5.93. The highest BCUT2D eigenvalue weighted by Gasteiger charge is 2.22. The number of hydrogen-bond acceptors (Lipinski definition) is 3. The molecule has 0 aliphatic carbocycles. The number of hydrogen-bond donors (Lipinski definition) is 1. The number of ether oxygens (including phenoxy) is 1. The minimum Gasteiger partial charge on any atom is -0.497 e. The first-order chi connectivity index (χ1) is 8.13. The van der Waals surface area contributed by atoms with E-state index in [4.69, 9.17) is 4.74 Å². The molecule has 0 saturated heterocycles. The molecule has 1 unspecified atom stereocenters. The molecule has 1 aromatic carbocycles. The van der Waals surface area contributed by atoms with Gasteiger partial charge in [-0.15, -0.1) is 0 Å². The zero-order chi connectivity index (χ0) is 12.7. The first kappa shape index (κ1) is 13.5. The smallest absolute Gasteiger partial charge is 0.118 e. The van der Waals surface area contributed by atoms with Crippen LogP contribution in [-0.4, -0.2) is 19.2 Å². The number of nitriles is 1. The zero-order valence-corrected chi connectivity index (χ0v) is 10.8. The van der Waals surface area contributed by atoms with Gasteiger partial charge in [0.2, 0.25) is 0 Å². The highest BCUT2D eigenvalue weighted by atomic mass is 16.5. The summed E-state index contributed by atoms with van der Waals surface area (Å²) in [5.74, 6) is 0.842. The lowest BCUT2D eigenvalue weighted by molar-refractivity contribution is 0.414. The summed E-state index contributed by atoms with van der Waals surface area (Å²) in [5.41, 5.74) is 0.642. The Hall–Kier alpha value is -1.53. The van der Waals surface area contributed by atoms with Gasteiger partial charge in [-0.25, -0.2) is 0 Å². The quantitative estimate of drug-likeness (QED) is 0.819. The third-order valence-corrected chi connectivity index (χ3v) is 2.73. The van der Waals surface area contributed by atoms with E-state index in [1.807, 2.05) is 31.2 Å². The Morgan fingerprint density at radius 1 is 1.35 bits per heavy atom. The molecule has 1 atom stereocenters. The van der Waals surface area contributed by atoms with E-state index < -0.39 is 5.54 Å². The predicted molar refractivity (Wildman–Crippen MR) is 69.0 cm³/mol. The largest absolute Gasteiger partial charge is 0.497 e. The molecule has 0 amide bonds. The van der Waals surface area contributed by atoms with Gasteiger partial charge in [-0.1, -0.05) is 19.1 Å². The van der Waals surface area contributed by atoms with Gasteiger partial charge in [0.05, 0.1) is 13.2 Å². The lowest BCUT2D eigenvalue weighted by Crippen LogP contribution is -2.43. The molecule has 0 spiro atoms. The molecule has 0 aromatic heterocycles. The summed E-state index contributed by atoms with van der Waals surface area (Å²) in [6, 6.07) is 10.2. The summed E-state index contributed by atoms with van der Waals surface area (Å²) in [6.07, 6.45) is 1.73. The molecular formula is C14H20N2O. The van der Waals surface area contributed by atoms with Crippen LogP contribution in [0.4, 0.5) is 0 Å². The molecular weight excluding hydrogens is 212 g/mol. The van der Waals surface area contributed by atoms with Crippen LogP contribution in [-0.2, 0) is 6.42 Å². The Balaban J connectivity index is 2.70. The topological polar surface area (TPSA) is 45.0 Å². The molecule has 0 radical (unpaired) electrons. The lowest BCUT2D eigenvalue weighted by Gasteiger charge is -2.23. The number of benzene rings is 1. The normalized spacial score (nSPS) is 13.8. The molecule has 0 aliphatic rings. The molecule has 0 aliphatic heterocycles. The average molecular weight is 232 g/mol. The van der Waals surface area contributed by atoms with Crippen LogP contribution in [0.3, 0.4) is 0 Å². The average Bonchev–Trinajstić information content (AvgIpc) is 2.37. The SMILES string of the molecule is CCCNC(C)(C#N)Cc1ccc(OC)cc1. The van der Waals surface area contributed by atoms with E-state index in [1.54, 1.807) is 7.11 Å². The molecule has 0 bridgehead atoms. The molecule has 3 heteroatoms. The van der Waals surface area contributed by atoms with Crippen molar-refractivity contribution in [3.8, 4) is 11.8 Å². The van der Waals surface area contributed by atoms with Crippen molar-refractivity contribution in [3.05, 3.63) is 29.8 Å². The van der Waals surface area contributed by atoms with Crippen molar-refractivity contribution in [2.75, 3.05) is 13.7 Å². The summed E-state index contributed by atoms with van der Waals surface area (Å²) in [4.78, 5) is 0. The van der Waals surface area contributed by atoms with Crippen molar-refractivity contribution in [2.45, 2.75) is 32.2 Å². The second-order valence-electron chi connectivity index (χ2n) is 4.40. The molecule has 1 rings (SSSR count). The highest BCUT2D eigenvalue weighted by Crippen LogP contribution is 2.16. The maximum Gasteiger partial charge on any atom is 0.118 e. The van der Waals surface area contributed by atoms with Crippen LogP contribution in [0.1, 0.15) is 25.8 Å². The minimum atomic E-state index is -0.495. The van der Waals surface area contributed by atoms with Crippen LogP contribution in [0.15, 0.2) is 24.3 Å². The number of rotatable bonds is 6. The van der Waals surface area contributed by atoms with Gasteiger partial charge in [0.25, 0.3) is 0 Å². The predicted octanol–water partition coefficient (Wildman–Crippen LogP) is 2.52. The summed E-state index contributed by atoms with van der Waals surface area (Å²) in [5, 5.41) is 12.5. The van der Waals surface area contributed by atoms with E-state index in [0.717, 1.165) is 24.3 Å². The fraction of sp³-hybridized carbons (Fsp3) is 0.500. The fourth-order valence-electron chi connectivity index (χ4n) is 1.69. The monoisotopic (exact) mass is 232 g/mol. The van der Waals surface area contributed by atoms with Gasteiger partial charge in [0.15, 0.2) is 0 Å². The number of methoxy groups -OCH3 is 1. The van der Waals surface area contributed by atoms with Crippen LogP contribution in [0.2, 0.25) is 0 Å². The van der Waals surface area contributed by atoms with E-state index in [2.05, 4.69) is 18.3 Å².